The van der Waals surface area contributed by atoms with Crippen molar-refractivity contribution in [1.82, 2.24) is 9.88 Å². The van der Waals surface area contributed by atoms with Gasteiger partial charge in [-0.15, -0.1) is 0 Å². The average molecular weight is 253 g/mol. The van der Waals surface area contributed by atoms with Gasteiger partial charge in [-0.1, -0.05) is 0 Å². The summed E-state index contributed by atoms with van der Waals surface area (Å²) >= 11 is 0. The van der Waals surface area contributed by atoms with Gasteiger partial charge in [-0.05, 0) is 34.0 Å². The Labute approximate surface area is 106 Å². The third-order valence-electron chi connectivity index (χ3n) is 2.96. The van der Waals surface area contributed by atoms with E-state index in [9.17, 15) is 4.79 Å². The van der Waals surface area contributed by atoms with Gasteiger partial charge in [-0.3, -0.25) is 0 Å². The molecule has 18 heavy (non-hydrogen) atoms. The van der Waals surface area contributed by atoms with E-state index in [2.05, 4.69) is 4.98 Å². The Morgan fingerprint density at radius 1 is 1.56 bits per heavy atom. The summed E-state index contributed by atoms with van der Waals surface area (Å²) in [6, 6.07) is 1.35. The van der Waals surface area contributed by atoms with Crippen LogP contribution >= 0.6 is 0 Å². The molecule has 0 unspecified atom stereocenters. The zero-order valence-corrected chi connectivity index (χ0v) is 11.1. The molecule has 0 aromatic carbocycles. The second-order valence-electron chi connectivity index (χ2n) is 4.88. The van der Waals surface area contributed by atoms with E-state index in [-0.39, 0.29) is 22.7 Å². The summed E-state index contributed by atoms with van der Waals surface area (Å²) in [5.74, 6) is -0.934. The van der Waals surface area contributed by atoms with Gasteiger partial charge in [0.1, 0.15) is 12.3 Å². The molecule has 100 valence electrons. The van der Waals surface area contributed by atoms with Crippen LogP contribution in [-0.2, 0) is 0 Å². The van der Waals surface area contributed by atoms with Crippen molar-refractivity contribution in [3.05, 3.63) is 17.8 Å². The quantitative estimate of drug-likeness (QED) is 0.816. The molecule has 0 bridgehead atoms. The maximum Gasteiger partial charge on any atom is 0.338 e. The number of carbonyl (C=O) groups is 1. The van der Waals surface area contributed by atoms with Crippen molar-refractivity contribution in [3.63, 3.8) is 0 Å². The molecule has 0 atom stereocenters. The van der Waals surface area contributed by atoms with Gasteiger partial charge in [0.05, 0.1) is 5.56 Å². The van der Waals surface area contributed by atoms with E-state index in [1.807, 2.05) is 32.8 Å². The predicted molar refractivity (Wildman–Crippen MR) is 68.9 cm³/mol. The van der Waals surface area contributed by atoms with Gasteiger partial charge >= 0.3 is 5.97 Å². The number of aromatic carboxylic acids is 1. The Bertz CT molecular complexity index is 444. The van der Waals surface area contributed by atoms with Crippen molar-refractivity contribution in [3.8, 4) is 5.88 Å². The van der Waals surface area contributed by atoms with E-state index in [1.54, 1.807) is 0 Å². The van der Waals surface area contributed by atoms with Crippen molar-refractivity contribution >= 4 is 11.7 Å². The van der Waals surface area contributed by atoms with Crippen LogP contribution in [0.3, 0.4) is 0 Å². The van der Waals surface area contributed by atoms with E-state index in [1.165, 1.54) is 12.3 Å². The van der Waals surface area contributed by atoms with Crippen LogP contribution in [0.15, 0.2) is 12.3 Å². The highest BCUT2D eigenvalue weighted by molar-refractivity contribution is 5.94. The van der Waals surface area contributed by atoms with Gasteiger partial charge in [-0.2, -0.15) is 0 Å². The molecule has 0 saturated heterocycles. The number of anilines is 1. The second-order valence-corrected chi connectivity index (χ2v) is 4.88. The summed E-state index contributed by atoms with van der Waals surface area (Å²) < 4.78 is 5.51. The van der Waals surface area contributed by atoms with E-state index in [4.69, 9.17) is 15.6 Å². The third-order valence-corrected chi connectivity index (χ3v) is 2.96. The number of likely N-dealkylation sites (N-methyl/N-ethyl adjacent to an activating group) is 1. The normalized spacial score (nSPS) is 11.6. The monoisotopic (exact) mass is 253 g/mol. The van der Waals surface area contributed by atoms with Crippen LogP contribution in [0.25, 0.3) is 0 Å². The number of nitrogen functional groups attached to an aromatic ring is 1. The van der Waals surface area contributed by atoms with E-state index < -0.39 is 5.97 Å². The fraction of sp³-hybridized carbons (Fsp3) is 0.500. The van der Waals surface area contributed by atoms with E-state index in [0.717, 1.165) is 0 Å². The van der Waals surface area contributed by atoms with Crippen LogP contribution in [0.2, 0.25) is 0 Å². The molecule has 1 heterocycles. The maximum atomic E-state index is 10.9. The molecular weight excluding hydrogens is 234 g/mol. The fourth-order valence-corrected chi connectivity index (χ4v) is 1.13. The minimum atomic E-state index is -1.09. The highest BCUT2D eigenvalue weighted by Crippen LogP contribution is 2.23. The fourth-order valence-electron chi connectivity index (χ4n) is 1.13. The molecule has 1 aromatic rings. The van der Waals surface area contributed by atoms with Gasteiger partial charge in [0.15, 0.2) is 0 Å². The van der Waals surface area contributed by atoms with Crippen molar-refractivity contribution in [2.45, 2.75) is 19.4 Å². The standard InChI is InChI=1S/C12H19N3O3/c1-12(2,15(3)4)7-18-10-9(13)8(11(16)17)5-6-14-10/h5-6H,7,13H2,1-4H3,(H,16,17). The number of carboxylic acids is 1. The molecule has 0 spiro atoms. The summed E-state index contributed by atoms with van der Waals surface area (Å²) in [5, 5.41) is 8.93. The number of nitrogens with two attached hydrogens (primary N) is 1. The van der Waals surface area contributed by atoms with Crippen molar-refractivity contribution in [2.75, 3.05) is 26.4 Å². The minimum absolute atomic E-state index is 0.00246. The Morgan fingerprint density at radius 2 is 2.17 bits per heavy atom. The van der Waals surface area contributed by atoms with Gasteiger partial charge in [0.2, 0.25) is 5.88 Å². The Balaban J connectivity index is 2.87. The van der Waals surface area contributed by atoms with E-state index in [0.29, 0.717) is 6.61 Å². The number of hydrogen-bond acceptors (Lipinski definition) is 5. The van der Waals surface area contributed by atoms with Crippen LogP contribution < -0.4 is 10.5 Å². The lowest BCUT2D eigenvalue weighted by atomic mass is 10.1. The molecule has 6 nitrogen and oxygen atoms in total. The molecule has 0 aliphatic heterocycles. The molecular formula is C12H19N3O3. The molecule has 1 aromatic heterocycles. The summed E-state index contributed by atoms with van der Waals surface area (Å²) in [6.07, 6.45) is 1.37. The number of hydrogen-bond donors (Lipinski definition) is 2. The first-order chi connectivity index (χ1) is 8.25. The van der Waals surface area contributed by atoms with Crippen LogP contribution in [0, 0.1) is 0 Å². The molecule has 0 fully saturated rings. The van der Waals surface area contributed by atoms with Crippen molar-refractivity contribution in [2.24, 2.45) is 0 Å². The zero-order valence-electron chi connectivity index (χ0n) is 11.1. The van der Waals surface area contributed by atoms with Gasteiger partial charge in [0, 0.05) is 11.7 Å². The number of ether oxygens (including phenoxy) is 1. The third kappa shape index (κ3) is 3.10. The zero-order chi connectivity index (χ0) is 13.9. The second kappa shape index (κ2) is 5.22. The Kier molecular flexibility index (Phi) is 4.13. The van der Waals surface area contributed by atoms with Crippen LogP contribution in [0.4, 0.5) is 5.69 Å². The van der Waals surface area contributed by atoms with Crippen LogP contribution in [-0.4, -0.2) is 47.2 Å². The highest BCUT2D eigenvalue weighted by Gasteiger charge is 2.23. The number of aromatic nitrogens is 1. The lowest BCUT2D eigenvalue weighted by molar-refractivity contribution is 0.0697. The molecule has 6 heteroatoms. The number of rotatable bonds is 5. The SMILES string of the molecule is CN(C)C(C)(C)COc1nccc(C(=O)O)c1N. The van der Waals surface area contributed by atoms with Crippen LogP contribution in [0.5, 0.6) is 5.88 Å². The van der Waals surface area contributed by atoms with Crippen LogP contribution in [0.1, 0.15) is 24.2 Å². The molecule has 0 saturated carbocycles. The van der Waals surface area contributed by atoms with Crippen molar-refractivity contribution < 1.29 is 14.6 Å². The van der Waals surface area contributed by atoms with Crippen molar-refractivity contribution in [1.29, 1.82) is 0 Å². The smallest absolute Gasteiger partial charge is 0.338 e. The topological polar surface area (TPSA) is 88.7 Å². The first kappa shape index (κ1) is 14.2. The molecule has 0 aliphatic rings. The summed E-state index contributed by atoms with van der Waals surface area (Å²) in [4.78, 5) is 16.9. The Morgan fingerprint density at radius 3 is 2.67 bits per heavy atom. The lowest BCUT2D eigenvalue weighted by Gasteiger charge is -2.32. The first-order valence-corrected chi connectivity index (χ1v) is 5.53. The highest BCUT2D eigenvalue weighted by atomic mass is 16.5. The number of carboxylic acid groups (broad SMARTS) is 1. The maximum absolute atomic E-state index is 10.9. The number of pyridine rings is 1. The minimum Gasteiger partial charge on any atom is -0.478 e. The summed E-state index contributed by atoms with van der Waals surface area (Å²) in [5.41, 5.74) is 5.56. The molecule has 0 aliphatic carbocycles. The molecule has 0 radical (unpaired) electrons. The largest absolute Gasteiger partial charge is 0.478 e. The summed E-state index contributed by atoms with van der Waals surface area (Å²) in [6.45, 7) is 4.37. The Hall–Kier alpha value is -1.82. The van der Waals surface area contributed by atoms with Gasteiger partial charge in [-0.25, -0.2) is 9.78 Å². The summed E-state index contributed by atoms with van der Waals surface area (Å²) in [7, 11) is 3.88. The van der Waals surface area contributed by atoms with Gasteiger partial charge in [0.25, 0.3) is 0 Å². The molecule has 3 N–H and O–H groups in total. The van der Waals surface area contributed by atoms with E-state index >= 15 is 0 Å². The number of nitrogens with zero attached hydrogens (tertiary/aromatic N) is 2. The molecule has 0 amide bonds. The average Bonchev–Trinajstić information content (AvgIpc) is 2.27. The lowest BCUT2D eigenvalue weighted by Crippen LogP contribution is -2.43. The van der Waals surface area contributed by atoms with Gasteiger partial charge < -0.3 is 20.5 Å². The molecule has 1 rings (SSSR count). The first-order valence-electron chi connectivity index (χ1n) is 5.53. The predicted octanol–water partition coefficient (Wildman–Crippen LogP) is 1.08.